The number of aryl methyl sites for hydroxylation is 2. The standard InChI is InChI=1S/C14H22BrNO2S/c1-10-8-12(15)9-11(2)13(10)16-6-7-19(17,18)14(3,4)5/h8-9,16H,6-7H2,1-5H3. The molecule has 5 heteroatoms. The van der Waals surface area contributed by atoms with Gasteiger partial charge in [0.05, 0.1) is 10.5 Å². The zero-order valence-corrected chi connectivity index (χ0v) is 14.6. The van der Waals surface area contributed by atoms with E-state index in [1.54, 1.807) is 20.8 Å². The first kappa shape index (κ1) is 16.5. The molecule has 19 heavy (non-hydrogen) atoms. The lowest BCUT2D eigenvalue weighted by Gasteiger charge is -2.20. The number of benzene rings is 1. The Labute approximate surface area is 124 Å². The molecular formula is C14H22BrNO2S. The first-order valence-corrected chi connectivity index (χ1v) is 8.72. The molecule has 0 saturated heterocycles. The lowest BCUT2D eigenvalue weighted by Crippen LogP contribution is -2.33. The van der Waals surface area contributed by atoms with Crippen LogP contribution in [0.2, 0.25) is 0 Å². The molecule has 108 valence electrons. The minimum Gasteiger partial charge on any atom is -0.384 e. The summed E-state index contributed by atoms with van der Waals surface area (Å²) in [7, 11) is -3.07. The number of hydrogen-bond donors (Lipinski definition) is 1. The predicted molar refractivity (Wildman–Crippen MR) is 85.6 cm³/mol. The van der Waals surface area contributed by atoms with Crippen molar-refractivity contribution >= 4 is 31.5 Å². The molecule has 0 unspecified atom stereocenters. The summed E-state index contributed by atoms with van der Waals surface area (Å²) in [6, 6.07) is 4.04. The fourth-order valence-electron chi connectivity index (χ4n) is 1.81. The Morgan fingerprint density at radius 1 is 1.16 bits per heavy atom. The van der Waals surface area contributed by atoms with Crippen molar-refractivity contribution in [2.75, 3.05) is 17.6 Å². The molecule has 0 aromatic heterocycles. The van der Waals surface area contributed by atoms with E-state index in [0.717, 1.165) is 21.3 Å². The monoisotopic (exact) mass is 347 g/mol. The van der Waals surface area contributed by atoms with Crippen molar-refractivity contribution in [3.05, 3.63) is 27.7 Å². The van der Waals surface area contributed by atoms with Gasteiger partial charge in [-0.2, -0.15) is 0 Å². The van der Waals surface area contributed by atoms with Crippen LogP contribution in [0.5, 0.6) is 0 Å². The Morgan fingerprint density at radius 3 is 2.05 bits per heavy atom. The van der Waals surface area contributed by atoms with Gasteiger partial charge in [-0.25, -0.2) is 8.42 Å². The van der Waals surface area contributed by atoms with E-state index in [0.29, 0.717) is 6.54 Å². The second-order valence-corrected chi connectivity index (χ2v) is 9.55. The zero-order chi connectivity index (χ0) is 14.8. The predicted octanol–water partition coefficient (Wildman–Crippen LogP) is 3.69. The molecule has 0 bridgehead atoms. The van der Waals surface area contributed by atoms with Crippen molar-refractivity contribution in [3.8, 4) is 0 Å². The summed E-state index contributed by atoms with van der Waals surface area (Å²) < 4.78 is 24.4. The molecular weight excluding hydrogens is 326 g/mol. The van der Waals surface area contributed by atoms with Gasteiger partial charge in [0.15, 0.2) is 9.84 Å². The highest BCUT2D eigenvalue weighted by Gasteiger charge is 2.28. The Kier molecular flexibility index (Phi) is 5.07. The van der Waals surface area contributed by atoms with Crippen LogP contribution in [0.25, 0.3) is 0 Å². The Hall–Kier alpha value is -0.550. The molecule has 1 rings (SSSR count). The van der Waals surface area contributed by atoms with Crippen LogP contribution in [0, 0.1) is 13.8 Å². The smallest absolute Gasteiger partial charge is 0.156 e. The minimum atomic E-state index is -3.07. The number of rotatable bonds is 4. The minimum absolute atomic E-state index is 0.144. The van der Waals surface area contributed by atoms with Gasteiger partial charge >= 0.3 is 0 Å². The maximum absolute atomic E-state index is 12.0. The molecule has 0 saturated carbocycles. The third-order valence-electron chi connectivity index (χ3n) is 3.10. The van der Waals surface area contributed by atoms with E-state index >= 15 is 0 Å². The number of anilines is 1. The highest BCUT2D eigenvalue weighted by atomic mass is 79.9. The maximum atomic E-state index is 12.0. The van der Waals surface area contributed by atoms with E-state index in [9.17, 15) is 8.42 Å². The van der Waals surface area contributed by atoms with Gasteiger partial charge in [-0.1, -0.05) is 15.9 Å². The highest BCUT2D eigenvalue weighted by Crippen LogP contribution is 2.25. The Bertz CT molecular complexity index is 536. The van der Waals surface area contributed by atoms with Crippen molar-refractivity contribution in [3.63, 3.8) is 0 Å². The fourth-order valence-corrected chi connectivity index (χ4v) is 3.48. The van der Waals surface area contributed by atoms with E-state index in [1.165, 1.54) is 0 Å². The summed E-state index contributed by atoms with van der Waals surface area (Å²) in [5.74, 6) is 0.144. The van der Waals surface area contributed by atoms with E-state index in [4.69, 9.17) is 0 Å². The van der Waals surface area contributed by atoms with Gasteiger partial charge in [0, 0.05) is 16.7 Å². The first-order chi connectivity index (χ1) is 8.54. The summed E-state index contributed by atoms with van der Waals surface area (Å²) >= 11 is 3.45. The third kappa shape index (κ3) is 4.21. The summed E-state index contributed by atoms with van der Waals surface area (Å²) in [6.07, 6.45) is 0. The number of halogens is 1. The average Bonchev–Trinajstić information content (AvgIpc) is 2.20. The summed E-state index contributed by atoms with van der Waals surface area (Å²) in [5, 5.41) is 3.24. The quantitative estimate of drug-likeness (QED) is 0.903. The second kappa shape index (κ2) is 5.83. The molecule has 0 amide bonds. The van der Waals surface area contributed by atoms with Crippen LogP contribution >= 0.6 is 15.9 Å². The molecule has 0 aliphatic heterocycles. The van der Waals surface area contributed by atoms with Gasteiger partial charge < -0.3 is 5.32 Å². The van der Waals surface area contributed by atoms with E-state index in [2.05, 4.69) is 21.2 Å². The van der Waals surface area contributed by atoms with E-state index < -0.39 is 14.6 Å². The number of nitrogens with one attached hydrogen (secondary N) is 1. The molecule has 0 spiro atoms. The van der Waals surface area contributed by atoms with Crippen LogP contribution < -0.4 is 5.32 Å². The molecule has 0 aliphatic carbocycles. The van der Waals surface area contributed by atoms with Crippen LogP contribution in [-0.4, -0.2) is 25.5 Å². The summed E-state index contributed by atoms with van der Waals surface area (Å²) in [5.41, 5.74) is 3.24. The third-order valence-corrected chi connectivity index (χ3v) is 6.17. The molecule has 0 fully saturated rings. The average molecular weight is 348 g/mol. The largest absolute Gasteiger partial charge is 0.384 e. The van der Waals surface area contributed by atoms with Gasteiger partial charge in [-0.05, 0) is 57.9 Å². The van der Waals surface area contributed by atoms with Crippen molar-refractivity contribution in [2.24, 2.45) is 0 Å². The van der Waals surface area contributed by atoms with Crippen LogP contribution in [0.15, 0.2) is 16.6 Å². The Balaban J connectivity index is 2.75. The van der Waals surface area contributed by atoms with Gasteiger partial charge in [0.1, 0.15) is 0 Å². The molecule has 0 atom stereocenters. The van der Waals surface area contributed by atoms with Gasteiger partial charge in [0.25, 0.3) is 0 Å². The first-order valence-electron chi connectivity index (χ1n) is 6.27. The van der Waals surface area contributed by atoms with Gasteiger partial charge in [0.2, 0.25) is 0 Å². The topological polar surface area (TPSA) is 46.2 Å². The van der Waals surface area contributed by atoms with E-state index in [-0.39, 0.29) is 5.75 Å². The molecule has 1 aromatic carbocycles. The van der Waals surface area contributed by atoms with Gasteiger partial charge in [-0.3, -0.25) is 0 Å². The fraction of sp³-hybridized carbons (Fsp3) is 0.571. The van der Waals surface area contributed by atoms with Crippen molar-refractivity contribution in [1.29, 1.82) is 0 Å². The molecule has 0 heterocycles. The van der Waals surface area contributed by atoms with Crippen LogP contribution in [0.4, 0.5) is 5.69 Å². The summed E-state index contributed by atoms with van der Waals surface area (Å²) in [6.45, 7) is 9.66. The van der Waals surface area contributed by atoms with Crippen molar-refractivity contribution < 1.29 is 8.42 Å². The molecule has 0 radical (unpaired) electrons. The van der Waals surface area contributed by atoms with Crippen LogP contribution in [0.1, 0.15) is 31.9 Å². The van der Waals surface area contributed by atoms with Crippen LogP contribution in [-0.2, 0) is 9.84 Å². The molecule has 1 aromatic rings. The molecule has 1 N–H and O–H groups in total. The lowest BCUT2D eigenvalue weighted by molar-refractivity contribution is 0.560. The maximum Gasteiger partial charge on any atom is 0.156 e. The molecule has 3 nitrogen and oxygen atoms in total. The second-order valence-electron chi connectivity index (χ2n) is 5.77. The van der Waals surface area contributed by atoms with Gasteiger partial charge in [-0.15, -0.1) is 0 Å². The Morgan fingerprint density at radius 2 is 1.63 bits per heavy atom. The number of hydrogen-bond acceptors (Lipinski definition) is 3. The summed E-state index contributed by atoms with van der Waals surface area (Å²) in [4.78, 5) is 0. The van der Waals surface area contributed by atoms with Crippen LogP contribution in [0.3, 0.4) is 0 Å². The van der Waals surface area contributed by atoms with Crippen molar-refractivity contribution in [1.82, 2.24) is 0 Å². The highest BCUT2D eigenvalue weighted by molar-refractivity contribution is 9.10. The zero-order valence-electron chi connectivity index (χ0n) is 12.2. The normalized spacial score (nSPS) is 12.5. The lowest BCUT2D eigenvalue weighted by atomic mass is 10.1. The van der Waals surface area contributed by atoms with E-state index in [1.807, 2.05) is 26.0 Å². The van der Waals surface area contributed by atoms with Crippen molar-refractivity contribution in [2.45, 2.75) is 39.4 Å². The SMILES string of the molecule is Cc1cc(Br)cc(C)c1NCCS(=O)(=O)C(C)(C)C. The number of sulfone groups is 1. The molecule has 0 aliphatic rings.